The predicted molar refractivity (Wildman–Crippen MR) is 221 cm³/mol. The molecule has 250 valence electrons. The number of hydrogen-bond donors (Lipinski definition) is 0. The van der Waals surface area contributed by atoms with E-state index in [2.05, 4.69) is 164 Å². The van der Waals surface area contributed by atoms with E-state index < -0.39 is 0 Å². The summed E-state index contributed by atoms with van der Waals surface area (Å²) in [5.74, 6) is 0. The van der Waals surface area contributed by atoms with Crippen molar-refractivity contribution >= 4 is 55.0 Å². The molecular weight excluding hydrogens is 645 g/mol. The van der Waals surface area contributed by atoms with Crippen molar-refractivity contribution in [2.24, 2.45) is 0 Å². The van der Waals surface area contributed by atoms with Gasteiger partial charge in [-0.2, -0.15) is 0 Å². The molecule has 0 radical (unpaired) electrons. The van der Waals surface area contributed by atoms with E-state index in [1.807, 2.05) is 24.3 Å². The summed E-state index contributed by atoms with van der Waals surface area (Å²) in [6.07, 6.45) is 9.37. The molecule has 10 rings (SSSR count). The first kappa shape index (κ1) is 30.9. The van der Waals surface area contributed by atoms with Gasteiger partial charge in [0.2, 0.25) is 0 Å². The highest BCUT2D eigenvalue weighted by molar-refractivity contribution is 6.10. The van der Waals surface area contributed by atoms with Gasteiger partial charge in [-0.15, -0.1) is 0 Å². The fraction of sp³-hybridized carbons (Fsp3) is 0.0196. The number of rotatable bonds is 4. The van der Waals surface area contributed by atoms with Gasteiger partial charge in [-0.3, -0.25) is 0 Å². The SMILES string of the molecule is C=C1/C=C\C=C/C/C(c2ccccc2-c2cccc3c2oc2ccccc23)=c2/cccc/c2=C/1c1ccc(-c2ccc3oc4ccccc4c3c2)cc1. The van der Waals surface area contributed by atoms with Crippen LogP contribution >= 0.6 is 0 Å². The molecule has 2 aromatic heterocycles. The van der Waals surface area contributed by atoms with E-state index >= 15 is 0 Å². The van der Waals surface area contributed by atoms with Gasteiger partial charge in [0.1, 0.15) is 22.3 Å². The maximum atomic E-state index is 6.54. The van der Waals surface area contributed by atoms with Crippen LogP contribution in [0.25, 0.3) is 77.3 Å². The van der Waals surface area contributed by atoms with Gasteiger partial charge < -0.3 is 8.83 Å². The number of allylic oxidation sites excluding steroid dienone is 5. The molecule has 7 aromatic carbocycles. The molecule has 0 atom stereocenters. The summed E-state index contributed by atoms with van der Waals surface area (Å²) in [6.45, 7) is 4.61. The molecular formula is C51H34O2. The molecule has 0 N–H and O–H groups in total. The van der Waals surface area contributed by atoms with Gasteiger partial charge in [-0.05, 0) is 85.7 Å². The van der Waals surface area contributed by atoms with Crippen molar-refractivity contribution in [3.8, 4) is 22.3 Å². The largest absolute Gasteiger partial charge is 0.456 e. The summed E-state index contributed by atoms with van der Waals surface area (Å²) >= 11 is 0. The van der Waals surface area contributed by atoms with E-state index in [0.29, 0.717) is 0 Å². The molecule has 1 aliphatic rings. The van der Waals surface area contributed by atoms with Crippen LogP contribution in [0.4, 0.5) is 0 Å². The van der Waals surface area contributed by atoms with Crippen molar-refractivity contribution in [1.29, 1.82) is 0 Å². The topological polar surface area (TPSA) is 26.3 Å². The average molecular weight is 679 g/mol. The van der Waals surface area contributed by atoms with Crippen LogP contribution in [0.3, 0.4) is 0 Å². The summed E-state index contributed by atoms with van der Waals surface area (Å²) in [6, 6.07) is 55.9. The minimum atomic E-state index is 0.762. The van der Waals surface area contributed by atoms with E-state index in [1.165, 1.54) is 16.4 Å². The van der Waals surface area contributed by atoms with Gasteiger partial charge in [-0.25, -0.2) is 0 Å². The van der Waals surface area contributed by atoms with Crippen LogP contribution in [-0.4, -0.2) is 0 Å². The smallest absolute Gasteiger partial charge is 0.143 e. The van der Waals surface area contributed by atoms with Crippen LogP contribution in [0, 0.1) is 0 Å². The molecule has 0 saturated carbocycles. The van der Waals surface area contributed by atoms with Gasteiger partial charge in [-0.1, -0.05) is 164 Å². The zero-order valence-electron chi connectivity index (χ0n) is 29.1. The predicted octanol–water partition coefficient (Wildman–Crippen LogP) is 12.3. The molecule has 2 heterocycles. The second-order valence-electron chi connectivity index (χ2n) is 13.6. The fourth-order valence-corrected chi connectivity index (χ4v) is 8.04. The van der Waals surface area contributed by atoms with Gasteiger partial charge in [0.15, 0.2) is 0 Å². The molecule has 53 heavy (non-hydrogen) atoms. The quantitative estimate of drug-likeness (QED) is 0.185. The van der Waals surface area contributed by atoms with Crippen molar-refractivity contribution in [1.82, 2.24) is 0 Å². The van der Waals surface area contributed by atoms with Crippen LogP contribution in [0.1, 0.15) is 17.5 Å². The zero-order chi connectivity index (χ0) is 35.3. The van der Waals surface area contributed by atoms with Crippen molar-refractivity contribution in [3.05, 3.63) is 216 Å². The maximum absolute atomic E-state index is 6.54. The zero-order valence-corrected chi connectivity index (χ0v) is 29.1. The molecule has 0 aliphatic heterocycles. The third-order valence-corrected chi connectivity index (χ3v) is 10.5. The van der Waals surface area contributed by atoms with Gasteiger partial charge in [0, 0.05) is 27.1 Å². The van der Waals surface area contributed by atoms with E-state index in [4.69, 9.17) is 8.83 Å². The number of hydrogen-bond acceptors (Lipinski definition) is 2. The molecule has 2 heteroatoms. The minimum absolute atomic E-state index is 0.762. The molecule has 9 aromatic rings. The minimum Gasteiger partial charge on any atom is -0.456 e. The number of para-hydroxylation sites is 3. The molecule has 0 saturated heterocycles. The average Bonchev–Trinajstić information content (AvgIpc) is 3.78. The molecule has 0 fully saturated rings. The van der Waals surface area contributed by atoms with Crippen LogP contribution in [0.2, 0.25) is 0 Å². The summed E-state index contributed by atoms with van der Waals surface area (Å²) in [5, 5.41) is 6.87. The van der Waals surface area contributed by atoms with Crippen molar-refractivity contribution in [3.63, 3.8) is 0 Å². The summed E-state index contributed by atoms with van der Waals surface area (Å²) in [4.78, 5) is 0. The van der Waals surface area contributed by atoms with Gasteiger partial charge >= 0.3 is 0 Å². The Kier molecular flexibility index (Phi) is 7.40. The normalized spacial score (nSPS) is 16.6. The molecule has 0 spiro atoms. The van der Waals surface area contributed by atoms with E-state index in [9.17, 15) is 0 Å². The first-order valence-corrected chi connectivity index (χ1v) is 18.1. The number of furan rings is 2. The van der Waals surface area contributed by atoms with Crippen LogP contribution in [0.5, 0.6) is 0 Å². The Morgan fingerprint density at radius 1 is 0.434 bits per heavy atom. The monoisotopic (exact) mass is 678 g/mol. The van der Waals surface area contributed by atoms with E-state index in [1.54, 1.807) is 0 Å². The van der Waals surface area contributed by atoms with Gasteiger partial charge in [0.25, 0.3) is 0 Å². The van der Waals surface area contributed by atoms with E-state index in [0.717, 1.165) is 94.5 Å². The van der Waals surface area contributed by atoms with Crippen molar-refractivity contribution in [2.45, 2.75) is 6.42 Å². The lowest BCUT2D eigenvalue weighted by atomic mass is 9.88. The van der Waals surface area contributed by atoms with Crippen LogP contribution < -0.4 is 10.4 Å². The molecule has 1 aliphatic carbocycles. The summed E-state index contributed by atoms with van der Waals surface area (Å²) in [7, 11) is 0. The highest BCUT2D eigenvalue weighted by atomic mass is 16.3. The lowest BCUT2D eigenvalue weighted by molar-refractivity contribution is 0.669. The Labute approximate surface area is 307 Å². The Morgan fingerprint density at radius 3 is 1.87 bits per heavy atom. The highest BCUT2D eigenvalue weighted by Gasteiger charge is 2.18. The molecule has 2 nitrogen and oxygen atoms in total. The Morgan fingerprint density at radius 2 is 1.04 bits per heavy atom. The Hall–Kier alpha value is -6.90. The standard InChI is InChI=1S/C51H34O2/c1-33-14-3-2-4-15-37(38-16-5-6-18-40(38)44-22-13-23-45-41-19-9-12-25-48(41)53-51(44)45)39-17-7-8-21-43(39)50(33)35-28-26-34(27-29-35)36-30-31-49-46(32-36)42-20-10-11-24-47(42)52-49/h2-14,16-32H,1,15H2/b4-2-,14-3-,39-37+,50-43+. The lowest BCUT2D eigenvalue weighted by Gasteiger charge is -2.16. The third-order valence-electron chi connectivity index (χ3n) is 10.5. The Balaban J connectivity index is 1.17. The molecule has 0 bridgehead atoms. The Bertz CT molecular complexity index is 3090. The maximum Gasteiger partial charge on any atom is 0.143 e. The van der Waals surface area contributed by atoms with E-state index in [-0.39, 0.29) is 0 Å². The first-order chi connectivity index (χ1) is 26.2. The highest BCUT2D eigenvalue weighted by Crippen LogP contribution is 2.39. The van der Waals surface area contributed by atoms with Crippen LogP contribution in [-0.2, 0) is 0 Å². The second-order valence-corrected chi connectivity index (χ2v) is 13.6. The van der Waals surface area contributed by atoms with Crippen molar-refractivity contribution < 1.29 is 8.83 Å². The summed E-state index contributed by atoms with van der Waals surface area (Å²) < 4.78 is 12.6. The molecule has 0 amide bonds. The number of fused-ring (bicyclic) bond motifs is 7. The fourth-order valence-electron chi connectivity index (χ4n) is 8.04. The lowest BCUT2D eigenvalue weighted by Crippen LogP contribution is -2.30. The summed E-state index contributed by atoms with van der Waals surface area (Å²) in [5.41, 5.74) is 13.8. The van der Waals surface area contributed by atoms with Crippen LogP contribution in [0.15, 0.2) is 203 Å². The second kappa shape index (κ2) is 12.7. The first-order valence-electron chi connectivity index (χ1n) is 18.1. The van der Waals surface area contributed by atoms with Crippen molar-refractivity contribution in [2.75, 3.05) is 0 Å². The van der Waals surface area contributed by atoms with Gasteiger partial charge in [0.05, 0.1) is 0 Å². The molecule has 0 unspecified atom stereocenters. The third kappa shape index (κ3) is 5.27. The number of benzene rings is 7.